The molecule has 9 nitrogen and oxygen atoms in total. The van der Waals surface area contributed by atoms with Gasteiger partial charge in [0.25, 0.3) is 0 Å². The highest BCUT2D eigenvalue weighted by molar-refractivity contribution is 5.74. The summed E-state index contributed by atoms with van der Waals surface area (Å²) >= 11 is 0. The number of aliphatic carboxylic acids is 1. The first-order chi connectivity index (χ1) is 10.5. The van der Waals surface area contributed by atoms with Crippen molar-refractivity contribution >= 4 is 17.9 Å². The van der Waals surface area contributed by atoms with Crippen LogP contribution in [0.3, 0.4) is 0 Å². The molecule has 2 fully saturated rings. The molecule has 0 radical (unpaired) electrons. The van der Waals surface area contributed by atoms with E-state index in [1.165, 1.54) is 14.2 Å². The lowest BCUT2D eigenvalue weighted by molar-refractivity contribution is -0.166. The zero-order valence-electron chi connectivity index (χ0n) is 12.2. The highest BCUT2D eigenvalue weighted by Gasteiger charge is 2.59. The highest BCUT2D eigenvalue weighted by Crippen LogP contribution is 2.42. The van der Waals surface area contributed by atoms with Crippen molar-refractivity contribution in [1.29, 1.82) is 0 Å². The fourth-order valence-corrected chi connectivity index (χ4v) is 2.85. The van der Waals surface area contributed by atoms with E-state index in [2.05, 4.69) is 4.74 Å². The van der Waals surface area contributed by atoms with Gasteiger partial charge in [0.05, 0.1) is 19.1 Å². The lowest BCUT2D eigenvalue weighted by atomic mass is 9.85. The topological polar surface area (TPSA) is 118 Å². The number of carbonyl (C=O) groups is 3. The van der Waals surface area contributed by atoms with Crippen LogP contribution in [0.2, 0.25) is 0 Å². The van der Waals surface area contributed by atoms with Crippen molar-refractivity contribution in [2.24, 2.45) is 5.92 Å². The molecular formula is C13H18O9. The quantitative estimate of drug-likeness (QED) is 0.588. The van der Waals surface area contributed by atoms with E-state index in [9.17, 15) is 14.4 Å². The molecule has 2 rings (SSSR count). The van der Waals surface area contributed by atoms with Gasteiger partial charge >= 0.3 is 17.9 Å². The molecule has 2 heterocycles. The molecule has 0 amide bonds. The van der Waals surface area contributed by atoms with Crippen LogP contribution in [-0.4, -0.2) is 74.9 Å². The molecule has 3 unspecified atom stereocenters. The maximum absolute atomic E-state index is 11.7. The maximum Gasteiger partial charge on any atom is 0.332 e. The number of methoxy groups -OCH3 is 2. The first-order valence-electron chi connectivity index (χ1n) is 6.73. The number of fused-ring (bicyclic) bond motifs is 2. The molecule has 2 aliphatic heterocycles. The van der Waals surface area contributed by atoms with Crippen molar-refractivity contribution < 1.29 is 43.2 Å². The number of ether oxygens (including phenoxy) is 5. The van der Waals surface area contributed by atoms with Gasteiger partial charge in [0, 0.05) is 7.11 Å². The smallest absolute Gasteiger partial charge is 0.332 e. The van der Waals surface area contributed by atoms with Crippen LogP contribution in [0.25, 0.3) is 0 Å². The summed E-state index contributed by atoms with van der Waals surface area (Å²) in [6.45, 7) is -1.06. The second kappa shape index (κ2) is 7.03. The van der Waals surface area contributed by atoms with Crippen molar-refractivity contribution in [3.8, 4) is 0 Å². The van der Waals surface area contributed by atoms with Crippen LogP contribution in [0.1, 0.15) is 6.42 Å². The number of carbonyl (C=O) groups excluding carboxylic acids is 2. The second-order valence-electron chi connectivity index (χ2n) is 5.05. The van der Waals surface area contributed by atoms with Crippen LogP contribution in [-0.2, 0) is 38.1 Å². The van der Waals surface area contributed by atoms with E-state index in [1.54, 1.807) is 0 Å². The van der Waals surface area contributed by atoms with Crippen LogP contribution in [0.4, 0.5) is 0 Å². The Bertz CT molecular complexity index is 449. The number of hydrogen-bond donors (Lipinski definition) is 1. The Balaban J connectivity index is 1.89. The van der Waals surface area contributed by atoms with Crippen LogP contribution in [0, 0.1) is 5.92 Å². The van der Waals surface area contributed by atoms with Gasteiger partial charge in [-0.25, -0.2) is 9.59 Å². The first-order valence-corrected chi connectivity index (χ1v) is 6.73. The number of esters is 2. The summed E-state index contributed by atoms with van der Waals surface area (Å²) in [5.41, 5.74) is 0. The molecule has 9 heteroatoms. The SMILES string of the molecule is COC(=O)C1CC2O[C@@H]1[C@@H](OC)C2OC(=O)COCC(=O)O. The minimum absolute atomic E-state index is 0.380. The van der Waals surface area contributed by atoms with Crippen molar-refractivity contribution in [1.82, 2.24) is 0 Å². The van der Waals surface area contributed by atoms with Crippen LogP contribution in [0.15, 0.2) is 0 Å². The number of carboxylic acids is 1. The minimum atomic E-state index is -1.17. The van der Waals surface area contributed by atoms with E-state index in [4.69, 9.17) is 24.1 Å². The van der Waals surface area contributed by atoms with Gasteiger partial charge < -0.3 is 28.8 Å². The Kier molecular flexibility index (Phi) is 5.33. The summed E-state index contributed by atoms with van der Waals surface area (Å²) in [5.74, 6) is -2.71. The third-order valence-electron chi connectivity index (χ3n) is 3.72. The molecule has 0 aliphatic carbocycles. The Morgan fingerprint density at radius 1 is 1.18 bits per heavy atom. The first kappa shape index (κ1) is 16.7. The lowest BCUT2D eigenvalue weighted by Crippen LogP contribution is -2.47. The molecule has 22 heavy (non-hydrogen) atoms. The normalized spacial score (nSPS) is 32.7. The van der Waals surface area contributed by atoms with Gasteiger partial charge in [0.1, 0.15) is 25.4 Å². The van der Waals surface area contributed by atoms with E-state index < -0.39 is 55.5 Å². The van der Waals surface area contributed by atoms with Gasteiger partial charge in [-0.2, -0.15) is 0 Å². The van der Waals surface area contributed by atoms with E-state index in [0.717, 1.165) is 0 Å². The van der Waals surface area contributed by atoms with Gasteiger partial charge in [-0.1, -0.05) is 0 Å². The zero-order chi connectivity index (χ0) is 16.3. The Labute approximate surface area is 126 Å². The van der Waals surface area contributed by atoms with E-state index in [1.807, 2.05) is 0 Å². The summed E-state index contributed by atoms with van der Waals surface area (Å²) in [6, 6.07) is 0. The van der Waals surface area contributed by atoms with Gasteiger partial charge in [-0.15, -0.1) is 0 Å². The standard InChI is InChI=1S/C13H18O9/c1-18-12-10-6(13(17)19-2)3-7(21-10)11(12)22-9(16)5-20-4-8(14)15/h6-7,10-12H,3-5H2,1-2H3,(H,14,15)/t6?,7?,10-,11?,12+/m0/s1. The molecule has 2 bridgehead atoms. The largest absolute Gasteiger partial charge is 0.480 e. The molecule has 0 aromatic rings. The lowest BCUT2D eigenvalue weighted by Gasteiger charge is -2.30. The summed E-state index contributed by atoms with van der Waals surface area (Å²) in [7, 11) is 2.73. The number of carboxylic acid groups (broad SMARTS) is 1. The van der Waals surface area contributed by atoms with Crippen LogP contribution in [0.5, 0.6) is 0 Å². The van der Waals surface area contributed by atoms with Gasteiger partial charge in [0.15, 0.2) is 6.10 Å². The minimum Gasteiger partial charge on any atom is -0.480 e. The zero-order valence-corrected chi connectivity index (χ0v) is 12.2. The van der Waals surface area contributed by atoms with Crippen molar-refractivity contribution in [2.75, 3.05) is 27.4 Å². The molecule has 0 saturated carbocycles. The molecule has 0 aromatic carbocycles. The molecule has 0 aromatic heterocycles. The highest BCUT2D eigenvalue weighted by atomic mass is 16.6. The molecule has 2 aliphatic rings. The van der Waals surface area contributed by atoms with Crippen molar-refractivity contribution in [3.05, 3.63) is 0 Å². The summed E-state index contributed by atoms with van der Waals surface area (Å²) in [4.78, 5) is 33.6. The van der Waals surface area contributed by atoms with E-state index in [0.29, 0.717) is 6.42 Å². The molecule has 1 N–H and O–H groups in total. The predicted molar refractivity (Wildman–Crippen MR) is 67.9 cm³/mol. The molecule has 2 saturated heterocycles. The third-order valence-corrected chi connectivity index (χ3v) is 3.72. The Morgan fingerprint density at radius 2 is 1.91 bits per heavy atom. The fraction of sp³-hybridized carbons (Fsp3) is 0.769. The fourth-order valence-electron chi connectivity index (χ4n) is 2.85. The second-order valence-corrected chi connectivity index (χ2v) is 5.05. The number of rotatable bonds is 7. The average molecular weight is 318 g/mol. The van der Waals surface area contributed by atoms with Gasteiger partial charge in [-0.05, 0) is 6.42 Å². The average Bonchev–Trinajstić information content (AvgIpc) is 3.04. The van der Waals surface area contributed by atoms with Crippen molar-refractivity contribution in [2.45, 2.75) is 30.8 Å². The molecule has 0 spiro atoms. The van der Waals surface area contributed by atoms with Crippen LogP contribution < -0.4 is 0 Å². The maximum atomic E-state index is 11.7. The monoisotopic (exact) mass is 318 g/mol. The van der Waals surface area contributed by atoms with Crippen LogP contribution >= 0.6 is 0 Å². The molecular weight excluding hydrogens is 300 g/mol. The summed E-state index contributed by atoms with van der Waals surface area (Å²) in [5, 5.41) is 8.42. The van der Waals surface area contributed by atoms with Crippen molar-refractivity contribution in [3.63, 3.8) is 0 Å². The predicted octanol–water partition coefficient (Wildman–Crippen LogP) is -1.03. The Hall–Kier alpha value is -1.71. The van der Waals surface area contributed by atoms with Gasteiger partial charge in [0.2, 0.25) is 0 Å². The van der Waals surface area contributed by atoms with E-state index >= 15 is 0 Å². The van der Waals surface area contributed by atoms with Gasteiger partial charge in [-0.3, -0.25) is 4.79 Å². The number of hydrogen-bond acceptors (Lipinski definition) is 8. The third kappa shape index (κ3) is 3.37. The summed E-state index contributed by atoms with van der Waals surface area (Å²) < 4.78 is 25.5. The van der Waals surface area contributed by atoms with E-state index in [-0.39, 0.29) is 5.97 Å². The Morgan fingerprint density at radius 3 is 2.50 bits per heavy atom. The molecule has 5 atom stereocenters. The summed E-state index contributed by atoms with van der Waals surface area (Å²) in [6.07, 6.45) is -1.84. The molecule has 124 valence electrons.